The van der Waals surface area contributed by atoms with Crippen LogP contribution in [-0.4, -0.2) is 35.7 Å². The summed E-state index contributed by atoms with van der Waals surface area (Å²) in [6.45, 7) is 7.51. The molecule has 0 aromatic rings. The van der Waals surface area contributed by atoms with Gasteiger partial charge in [-0.25, -0.2) is 0 Å². The van der Waals surface area contributed by atoms with E-state index in [-0.39, 0.29) is 18.1 Å². The summed E-state index contributed by atoms with van der Waals surface area (Å²) in [6.07, 6.45) is 7.68. The van der Waals surface area contributed by atoms with Crippen molar-refractivity contribution in [1.29, 1.82) is 0 Å². The average molecular weight is 279 g/mol. The Hall–Kier alpha value is -1.49. The number of ether oxygens (including phenoxy) is 1. The second-order valence-corrected chi connectivity index (χ2v) is 6.46. The van der Waals surface area contributed by atoms with Crippen molar-refractivity contribution in [2.24, 2.45) is 11.7 Å². The van der Waals surface area contributed by atoms with E-state index in [1.165, 1.54) is 0 Å². The Morgan fingerprint density at radius 2 is 2.05 bits per heavy atom. The van der Waals surface area contributed by atoms with E-state index < -0.39 is 5.60 Å². The fraction of sp³-hybridized carbons (Fsp3) is 0.667. The van der Waals surface area contributed by atoms with Gasteiger partial charge in [0.25, 0.3) is 0 Å². The number of nitrogens with zero attached hydrogens (tertiary/aromatic N) is 1. The minimum atomic E-state index is -0.399. The highest BCUT2D eigenvalue weighted by Crippen LogP contribution is 2.23. The van der Waals surface area contributed by atoms with Gasteiger partial charge in [-0.1, -0.05) is 0 Å². The van der Waals surface area contributed by atoms with E-state index in [1.54, 1.807) is 0 Å². The maximum atomic E-state index is 12.0. The van der Waals surface area contributed by atoms with Crippen molar-refractivity contribution in [2.45, 2.75) is 45.4 Å². The lowest BCUT2D eigenvalue weighted by molar-refractivity contribution is -0.161. The largest absolute Gasteiger partial charge is 0.460 e. The summed E-state index contributed by atoms with van der Waals surface area (Å²) in [5.74, 6) is -0.0351. The van der Waals surface area contributed by atoms with Gasteiger partial charge in [0, 0.05) is 25.0 Å². The number of nitrogens with two attached hydrogens (primary N) is 1. The third-order valence-electron chi connectivity index (χ3n) is 3.55. The molecular weight excluding hydrogens is 254 g/mol. The van der Waals surface area contributed by atoms with Crippen molar-refractivity contribution in [3.8, 4) is 0 Å². The van der Waals surface area contributed by atoms with Crippen molar-refractivity contribution < 1.29 is 9.53 Å². The SMILES string of the molecule is CC(C)(C)OC(=O)C1CCN(C2C=CC(N)=CN2)CC1. The summed E-state index contributed by atoms with van der Waals surface area (Å²) in [5, 5.41) is 3.26. The number of hydrogen-bond donors (Lipinski definition) is 2. The quantitative estimate of drug-likeness (QED) is 0.746. The van der Waals surface area contributed by atoms with Crippen LogP contribution < -0.4 is 11.1 Å². The maximum Gasteiger partial charge on any atom is 0.309 e. The molecule has 2 aliphatic heterocycles. The van der Waals surface area contributed by atoms with E-state index in [4.69, 9.17) is 10.5 Å². The molecule has 3 N–H and O–H groups in total. The Labute approximate surface area is 120 Å². The fourth-order valence-corrected chi connectivity index (χ4v) is 2.51. The number of dihydropyridines is 1. The first-order chi connectivity index (χ1) is 9.35. The van der Waals surface area contributed by atoms with Crippen molar-refractivity contribution >= 4 is 5.97 Å². The van der Waals surface area contributed by atoms with E-state index in [2.05, 4.69) is 16.3 Å². The van der Waals surface area contributed by atoms with Crippen LogP contribution in [0, 0.1) is 5.92 Å². The van der Waals surface area contributed by atoms with Crippen LogP contribution >= 0.6 is 0 Å². The normalized spacial score (nSPS) is 24.9. The summed E-state index contributed by atoms with van der Waals surface area (Å²) in [6, 6.07) is 0. The molecule has 1 fully saturated rings. The standard InChI is InChI=1S/C15H25N3O2/c1-15(2,3)20-14(19)11-6-8-18(9-7-11)13-5-4-12(16)10-17-13/h4-5,10-11,13,17H,6-9,16H2,1-3H3. The lowest BCUT2D eigenvalue weighted by Gasteiger charge is -2.37. The molecule has 0 aliphatic carbocycles. The predicted molar refractivity (Wildman–Crippen MR) is 78.5 cm³/mol. The third-order valence-corrected chi connectivity index (χ3v) is 3.55. The summed E-state index contributed by atoms with van der Waals surface area (Å²) in [4.78, 5) is 14.4. The highest BCUT2D eigenvalue weighted by atomic mass is 16.6. The Bertz CT molecular complexity index is 415. The summed E-state index contributed by atoms with van der Waals surface area (Å²) in [7, 11) is 0. The number of rotatable bonds is 2. The first-order valence-corrected chi connectivity index (χ1v) is 7.22. The van der Waals surface area contributed by atoms with Crippen LogP contribution in [0.4, 0.5) is 0 Å². The molecule has 0 spiro atoms. The Balaban J connectivity index is 1.81. The zero-order chi connectivity index (χ0) is 14.8. The van der Waals surface area contributed by atoms with Gasteiger partial charge in [0.1, 0.15) is 5.60 Å². The van der Waals surface area contributed by atoms with Crippen LogP contribution in [0.3, 0.4) is 0 Å². The molecule has 1 unspecified atom stereocenters. The minimum Gasteiger partial charge on any atom is -0.460 e. The van der Waals surface area contributed by atoms with Crippen molar-refractivity contribution in [3.05, 3.63) is 24.0 Å². The van der Waals surface area contributed by atoms with Gasteiger partial charge in [-0.2, -0.15) is 0 Å². The van der Waals surface area contributed by atoms with Crippen LogP contribution in [0.1, 0.15) is 33.6 Å². The lowest BCUT2D eigenvalue weighted by Crippen LogP contribution is -2.48. The van der Waals surface area contributed by atoms with Crippen LogP contribution in [-0.2, 0) is 9.53 Å². The molecule has 1 saturated heterocycles. The van der Waals surface area contributed by atoms with Crippen LogP contribution in [0.15, 0.2) is 24.0 Å². The number of likely N-dealkylation sites (tertiary alicyclic amines) is 1. The zero-order valence-corrected chi connectivity index (χ0v) is 12.6. The van der Waals surface area contributed by atoms with Gasteiger partial charge in [-0.15, -0.1) is 0 Å². The van der Waals surface area contributed by atoms with E-state index in [9.17, 15) is 4.79 Å². The highest BCUT2D eigenvalue weighted by Gasteiger charge is 2.30. The van der Waals surface area contributed by atoms with Gasteiger partial charge in [0.05, 0.1) is 12.1 Å². The highest BCUT2D eigenvalue weighted by molar-refractivity contribution is 5.73. The molecule has 2 aliphatic rings. The molecule has 2 rings (SSSR count). The maximum absolute atomic E-state index is 12.0. The molecule has 1 atom stereocenters. The van der Waals surface area contributed by atoms with E-state index in [0.717, 1.165) is 31.6 Å². The molecule has 0 radical (unpaired) electrons. The number of nitrogens with one attached hydrogen (secondary N) is 1. The Morgan fingerprint density at radius 1 is 1.40 bits per heavy atom. The Morgan fingerprint density at radius 3 is 2.55 bits per heavy atom. The first kappa shape index (κ1) is 14.9. The molecule has 5 nitrogen and oxygen atoms in total. The van der Waals surface area contributed by atoms with Gasteiger partial charge in [0.2, 0.25) is 0 Å². The number of carbonyl (C=O) groups is 1. The van der Waals surface area contributed by atoms with E-state index in [0.29, 0.717) is 0 Å². The number of esters is 1. The number of allylic oxidation sites excluding steroid dienone is 1. The molecule has 20 heavy (non-hydrogen) atoms. The first-order valence-electron chi connectivity index (χ1n) is 7.22. The van der Waals surface area contributed by atoms with Gasteiger partial charge in [-0.05, 0) is 45.8 Å². The molecule has 0 amide bonds. The monoisotopic (exact) mass is 279 g/mol. The van der Waals surface area contributed by atoms with Crippen LogP contribution in [0.25, 0.3) is 0 Å². The number of piperidine rings is 1. The summed E-state index contributed by atoms with van der Waals surface area (Å²) >= 11 is 0. The fourth-order valence-electron chi connectivity index (χ4n) is 2.51. The lowest BCUT2D eigenvalue weighted by atomic mass is 9.96. The Kier molecular flexibility index (Phi) is 4.38. The smallest absolute Gasteiger partial charge is 0.309 e. The van der Waals surface area contributed by atoms with Crippen molar-refractivity contribution in [3.63, 3.8) is 0 Å². The van der Waals surface area contributed by atoms with Gasteiger partial charge in [-0.3, -0.25) is 9.69 Å². The van der Waals surface area contributed by atoms with E-state index >= 15 is 0 Å². The molecule has 2 heterocycles. The van der Waals surface area contributed by atoms with Crippen LogP contribution in [0.2, 0.25) is 0 Å². The van der Waals surface area contributed by atoms with Gasteiger partial charge >= 0.3 is 5.97 Å². The molecule has 0 bridgehead atoms. The second kappa shape index (κ2) is 5.87. The molecule has 5 heteroatoms. The van der Waals surface area contributed by atoms with Crippen LogP contribution in [0.5, 0.6) is 0 Å². The molecule has 0 aromatic heterocycles. The van der Waals surface area contributed by atoms with E-state index in [1.807, 2.05) is 33.0 Å². The topological polar surface area (TPSA) is 67.6 Å². The average Bonchev–Trinajstić information content (AvgIpc) is 2.38. The van der Waals surface area contributed by atoms with Crippen molar-refractivity contribution in [1.82, 2.24) is 10.2 Å². The predicted octanol–water partition coefficient (Wildman–Crippen LogP) is 1.33. The van der Waals surface area contributed by atoms with Gasteiger partial charge < -0.3 is 15.8 Å². The second-order valence-electron chi connectivity index (χ2n) is 6.46. The van der Waals surface area contributed by atoms with Gasteiger partial charge in [0.15, 0.2) is 0 Å². The van der Waals surface area contributed by atoms with Crippen molar-refractivity contribution in [2.75, 3.05) is 13.1 Å². The minimum absolute atomic E-state index is 0.0265. The molecule has 0 aromatic carbocycles. The summed E-state index contributed by atoms with van der Waals surface area (Å²) < 4.78 is 5.46. The number of hydrogen-bond acceptors (Lipinski definition) is 5. The number of carbonyl (C=O) groups excluding carboxylic acids is 1. The molecule has 112 valence electrons. The zero-order valence-electron chi connectivity index (χ0n) is 12.6. The molecule has 0 saturated carbocycles. The molecular formula is C15H25N3O2. The third kappa shape index (κ3) is 4.00. The summed E-state index contributed by atoms with van der Waals surface area (Å²) in [5.41, 5.74) is 6.02.